The number of aryl methyl sites for hydroxylation is 1. The Morgan fingerprint density at radius 3 is 2.56 bits per heavy atom. The summed E-state index contributed by atoms with van der Waals surface area (Å²) >= 11 is 0. The summed E-state index contributed by atoms with van der Waals surface area (Å²) in [5, 5.41) is 0. The molecule has 5 heteroatoms. The van der Waals surface area contributed by atoms with Crippen LogP contribution in [0.3, 0.4) is 0 Å². The van der Waals surface area contributed by atoms with Crippen LogP contribution < -0.4 is 4.74 Å². The third-order valence-electron chi connectivity index (χ3n) is 2.11. The van der Waals surface area contributed by atoms with Gasteiger partial charge in [0.1, 0.15) is 5.60 Å². The summed E-state index contributed by atoms with van der Waals surface area (Å²) in [5.74, 6) is 0. The van der Waals surface area contributed by atoms with Gasteiger partial charge in [-0.1, -0.05) is 6.58 Å². The Bertz CT molecular complexity index is 456. The summed E-state index contributed by atoms with van der Waals surface area (Å²) in [5.41, 5.74) is 0.698. The Labute approximate surface area is 107 Å². The van der Waals surface area contributed by atoms with Gasteiger partial charge in [-0.15, -0.1) is 0 Å². The normalized spacial score (nSPS) is 11.2. The molecule has 0 atom stereocenters. The Hall–Kier alpha value is -1.78. The molecular formula is C13H20N2O3. The van der Waals surface area contributed by atoms with Gasteiger partial charge < -0.3 is 9.47 Å². The lowest BCUT2D eigenvalue weighted by molar-refractivity contribution is 0.0519. The monoisotopic (exact) mass is 252 g/mol. The second-order valence-electron chi connectivity index (χ2n) is 4.82. The Balaban J connectivity index is 3.19. The molecule has 1 aromatic rings. The number of ether oxygens (including phenoxy) is 2. The first-order valence-electron chi connectivity index (χ1n) is 5.88. The van der Waals surface area contributed by atoms with Crippen LogP contribution >= 0.6 is 0 Å². The fraction of sp³-hybridized carbons (Fsp3) is 0.538. The van der Waals surface area contributed by atoms with E-state index in [9.17, 15) is 4.79 Å². The summed E-state index contributed by atoms with van der Waals surface area (Å²) in [7, 11) is 0. The van der Waals surface area contributed by atoms with E-state index in [0.717, 1.165) is 0 Å². The quantitative estimate of drug-likeness (QED) is 0.829. The number of carbonyl (C=O) groups excluding carboxylic acids is 1. The van der Waals surface area contributed by atoms with Gasteiger partial charge in [0.2, 0.25) is 0 Å². The molecule has 0 aliphatic heterocycles. The zero-order valence-corrected chi connectivity index (χ0v) is 11.6. The smallest absolute Gasteiger partial charge is 0.423 e. The fourth-order valence-corrected chi connectivity index (χ4v) is 1.46. The highest BCUT2D eigenvalue weighted by Crippen LogP contribution is 2.21. The molecule has 0 saturated heterocycles. The van der Waals surface area contributed by atoms with E-state index < -0.39 is 11.7 Å². The SMILES string of the molecule is C=Cc1c(C)nc(OCC)n1C(=O)OC(C)(C)C. The number of carbonyl (C=O) groups is 1. The zero-order chi connectivity index (χ0) is 13.9. The molecule has 0 aliphatic carbocycles. The topological polar surface area (TPSA) is 53.4 Å². The molecule has 0 amide bonds. The van der Waals surface area contributed by atoms with Crippen LogP contribution in [0.2, 0.25) is 0 Å². The van der Waals surface area contributed by atoms with Crippen LogP contribution in [0.1, 0.15) is 39.1 Å². The number of imidazole rings is 1. The number of rotatable bonds is 3. The van der Waals surface area contributed by atoms with E-state index in [1.165, 1.54) is 4.57 Å². The molecule has 0 spiro atoms. The standard InChI is InChI=1S/C13H20N2O3/c1-7-10-9(3)14-11(17-8-2)15(10)12(16)18-13(4,5)6/h7H,1,8H2,2-6H3. The van der Waals surface area contributed by atoms with E-state index in [-0.39, 0.29) is 6.01 Å². The van der Waals surface area contributed by atoms with E-state index in [0.29, 0.717) is 18.0 Å². The second kappa shape index (κ2) is 5.25. The molecule has 5 nitrogen and oxygen atoms in total. The van der Waals surface area contributed by atoms with Crippen LogP contribution in [0.5, 0.6) is 6.01 Å². The van der Waals surface area contributed by atoms with Gasteiger partial charge in [0.05, 0.1) is 18.0 Å². The highest BCUT2D eigenvalue weighted by Gasteiger charge is 2.24. The molecule has 18 heavy (non-hydrogen) atoms. The van der Waals surface area contributed by atoms with Crippen molar-refractivity contribution >= 4 is 12.2 Å². The van der Waals surface area contributed by atoms with Crippen molar-refractivity contribution in [3.8, 4) is 6.01 Å². The van der Waals surface area contributed by atoms with Gasteiger partial charge in [0, 0.05) is 0 Å². The largest absolute Gasteiger partial charge is 0.465 e. The number of hydrogen-bond acceptors (Lipinski definition) is 4. The first kappa shape index (κ1) is 14.3. The fourth-order valence-electron chi connectivity index (χ4n) is 1.46. The predicted octanol–water partition coefficient (Wildman–Crippen LogP) is 3.02. The van der Waals surface area contributed by atoms with E-state index in [1.807, 2.05) is 27.7 Å². The first-order chi connectivity index (χ1) is 8.30. The molecule has 100 valence electrons. The summed E-state index contributed by atoms with van der Waals surface area (Å²) in [6.07, 6.45) is 1.05. The summed E-state index contributed by atoms with van der Waals surface area (Å²) in [6, 6.07) is 0.235. The molecule has 0 N–H and O–H groups in total. The van der Waals surface area contributed by atoms with Gasteiger partial charge in [-0.25, -0.2) is 4.79 Å². The van der Waals surface area contributed by atoms with Crippen LogP contribution in [0.25, 0.3) is 6.08 Å². The lowest BCUT2D eigenvalue weighted by Gasteiger charge is -2.20. The summed E-state index contributed by atoms with van der Waals surface area (Å²) in [6.45, 7) is 13.2. The average Bonchev–Trinajstić information content (AvgIpc) is 2.52. The maximum atomic E-state index is 12.1. The van der Waals surface area contributed by atoms with Gasteiger partial charge in [0.25, 0.3) is 0 Å². The van der Waals surface area contributed by atoms with Crippen LogP contribution in [0, 0.1) is 6.92 Å². The second-order valence-corrected chi connectivity index (χ2v) is 4.82. The molecule has 1 heterocycles. The average molecular weight is 252 g/mol. The van der Waals surface area contributed by atoms with Crippen molar-refractivity contribution in [2.45, 2.75) is 40.2 Å². The highest BCUT2D eigenvalue weighted by molar-refractivity contribution is 5.76. The van der Waals surface area contributed by atoms with Crippen LogP contribution in [-0.4, -0.2) is 27.9 Å². The maximum absolute atomic E-state index is 12.1. The molecule has 0 unspecified atom stereocenters. The van der Waals surface area contributed by atoms with Crippen molar-refractivity contribution in [3.05, 3.63) is 18.0 Å². The third-order valence-corrected chi connectivity index (χ3v) is 2.11. The van der Waals surface area contributed by atoms with Crippen molar-refractivity contribution in [1.82, 2.24) is 9.55 Å². The van der Waals surface area contributed by atoms with Crippen molar-refractivity contribution < 1.29 is 14.3 Å². The van der Waals surface area contributed by atoms with Crippen molar-refractivity contribution in [3.63, 3.8) is 0 Å². The van der Waals surface area contributed by atoms with E-state index in [2.05, 4.69) is 11.6 Å². The lowest BCUT2D eigenvalue weighted by Crippen LogP contribution is -2.28. The molecular weight excluding hydrogens is 232 g/mol. The van der Waals surface area contributed by atoms with Crippen molar-refractivity contribution in [2.24, 2.45) is 0 Å². The van der Waals surface area contributed by atoms with Crippen molar-refractivity contribution in [2.75, 3.05) is 6.61 Å². The minimum Gasteiger partial charge on any atom is -0.465 e. The molecule has 0 fully saturated rings. The minimum absolute atomic E-state index is 0.235. The van der Waals surface area contributed by atoms with Crippen LogP contribution in [-0.2, 0) is 4.74 Å². The Kier molecular flexibility index (Phi) is 4.16. The molecule has 0 aromatic carbocycles. The molecule has 1 aromatic heterocycles. The predicted molar refractivity (Wildman–Crippen MR) is 69.9 cm³/mol. The molecule has 0 aliphatic rings. The Morgan fingerprint density at radius 2 is 2.11 bits per heavy atom. The maximum Gasteiger partial charge on any atom is 0.423 e. The molecule has 0 saturated carbocycles. The van der Waals surface area contributed by atoms with Crippen LogP contribution in [0.15, 0.2) is 6.58 Å². The van der Waals surface area contributed by atoms with Gasteiger partial charge in [0.15, 0.2) is 0 Å². The minimum atomic E-state index is -0.572. The Morgan fingerprint density at radius 1 is 1.50 bits per heavy atom. The van der Waals surface area contributed by atoms with Gasteiger partial charge in [-0.05, 0) is 40.7 Å². The van der Waals surface area contributed by atoms with E-state index in [1.54, 1.807) is 13.0 Å². The summed E-state index contributed by atoms with van der Waals surface area (Å²) < 4.78 is 12.0. The van der Waals surface area contributed by atoms with Gasteiger partial charge in [-0.2, -0.15) is 9.55 Å². The van der Waals surface area contributed by atoms with Crippen LogP contribution in [0.4, 0.5) is 4.79 Å². The summed E-state index contributed by atoms with van der Waals surface area (Å²) in [4.78, 5) is 16.3. The third kappa shape index (κ3) is 3.12. The number of aromatic nitrogens is 2. The number of nitrogens with zero attached hydrogens (tertiary/aromatic N) is 2. The van der Waals surface area contributed by atoms with E-state index >= 15 is 0 Å². The first-order valence-corrected chi connectivity index (χ1v) is 5.88. The highest BCUT2D eigenvalue weighted by atomic mass is 16.6. The number of hydrogen-bond donors (Lipinski definition) is 0. The van der Waals surface area contributed by atoms with Gasteiger partial charge in [-0.3, -0.25) is 0 Å². The lowest BCUT2D eigenvalue weighted by atomic mass is 10.2. The molecule has 1 rings (SSSR count). The van der Waals surface area contributed by atoms with Gasteiger partial charge >= 0.3 is 12.1 Å². The van der Waals surface area contributed by atoms with E-state index in [4.69, 9.17) is 9.47 Å². The molecule has 0 bridgehead atoms. The molecule has 0 radical (unpaired) electrons. The zero-order valence-electron chi connectivity index (χ0n) is 11.6. The van der Waals surface area contributed by atoms with Crippen molar-refractivity contribution in [1.29, 1.82) is 0 Å².